The fraction of sp³-hybridized carbons (Fsp3) is 0.400. The van der Waals surface area contributed by atoms with E-state index in [0.717, 1.165) is 5.39 Å². The van der Waals surface area contributed by atoms with Crippen LogP contribution in [0.25, 0.3) is 11.0 Å². The number of β-amino-alcohol motifs (C(OH)–C–C–N with tert-alkyl or cyclic N) is 1. The molecular weight excluding hydrogens is 290 g/mol. The molecule has 1 fully saturated rings. The zero-order valence-electron chi connectivity index (χ0n) is 11.7. The summed E-state index contributed by atoms with van der Waals surface area (Å²) in [4.78, 5) is 14.2. The van der Waals surface area contributed by atoms with E-state index in [2.05, 4.69) is 0 Å². The van der Waals surface area contributed by atoms with Crippen molar-refractivity contribution in [2.24, 2.45) is 0 Å². The Morgan fingerprint density at radius 2 is 2.24 bits per heavy atom. The molecule has 2 heterocycles. The molecule has 6 heteroatoms. The first kappa shape index (κ1) is 14.3. The smallest absolute Gasteiger partial charge is 0.290 e. The van der Waals surface area contributed by atoms with Crippen molar-refractivity contribution in [2.45, 2.75) is 18.3 Å². The van der Waals surface area contributed by atoms with Crippen molar-refractivity contribution in [1.82, 2.24) is 4.90 Å². The van der Waals surface area contributed by atoms with Gasteiger partial charge in [0.15, 0.2) is 5.76 Å². The van der Waals surface area contributed by atoms with Crippen LogP contribution in [0.15, 0.2) is 28.7 Å². The van der Waals surface area contributed by atoms with Crippen molar-refractivity contribution in [3.63, 3.8) is 0 Å². The molecule has 21 heavy (non-hydrogen) atoms. The van der Waals surface area contributed by atoms with E-state index in [-0.39, 0.29) is 17.4 Å². The van der Waals surface area contributed by atoms with Crippen LogP contribution < -0.4 is 0 Å². The fourth-order valence-corrected chi connectivity index (χ4v) is 3.38. The van der Waals surface area contributed by atoms with Crippen molar-refractivity contribution in [3.05, 3.63) is 35.6 Å². The number of benzene rings is 1. The minimum Gasteiger partial charge on any atom is -0.451 e. The highest BCUT2D eigenvalue weighted by molar-refractivity contribution is 7.83. The molecule has 2 unspecified atom stereocenters. The number of amides is 1. The molecule has 0 aliphatic carbocycles. The first-order valence-electron chi connectivity index (χ1n) is 6.84. The lowest BCUT2D eigenvalue weighted by atomic mass is 10.1. The monoisotopic (exact) mass is 307 g/mol. The lowest BCUT2D eigenvalue weighted by molar-refractivity contribution is 0.0735. The molecule has 1 aliphatic rings. The molecule has 0 radical (unpaired) electrons. The zero-order valence-corrected chi connectivity index (χ0v) is 12.6. The van der Waals surface area contributed by atoms with E-state index >= 15 is 0 Å². The van der Waals surface area contributed by atoms with Gasteiger partial charge >= 0.3 is 0 Å². The highest BCUT2D eigenvalue weighted by Gasteiger charge is 2.30. The Labute approximate surface area is 125 Å². The number of furan rings is 1. The summed E-state index contributed by atoms with van der Waals surface area (Å²) in [5, 5.41) is 10.4. The predicted molar refractivity (Wildman–Crippen MR) is 80.5 cm³/mol. The van der Waals surface area contributed by atoms with Crippen molar-refractivity contribution in [2.75, 3.05) is 19.3 Å². The SMILES string of the molecule is CS(=O)Cc1c(C(=O)N2CCC(O)C2)oc2ccccc12. The number of hydrogen-bond acceptors (Lipinski definition) is 4. The molecule has 1 aliphatic heterocycles. The third-order valence-electron chi connectivity index (χ3n) is 3.69. The number of rotatable bonds is 3. The van der Waals surface area contributed by atoms with Gasteiger partial charge in [-0.05, 0) is 12.5 Å². The van der Waals surface area contributed by atoms with Gasteiger partial charge in [0.25, 0.3) is 5.91 Å². The Morgan fingerprint density at radius 1 is 1.48 bits per heavy atom. The minimum atomic E-state index is -1.07. The van der Waals surface area contributed by atoms with Gasteiger partial charge in [0.2, 0.25) is 0 Å². The predicted octanol–water partition coefficient (Wildman–Crippen LogP) is 1.52. The zero-order chi connectivity index (χ0) is 15.0. The van der Waals surface area contributed by atoms with Crippen LogP contribution in [0.2, 0.25) is 0 Å². The summed E-state index contributed by atoms with van der Waals surface area (Å²) < 4.78 is 17.3. The standard InChI is InChI=1S/C15H17NO4S/c1-21(19)9-12-11-4-2-3-5-13(11)20-14(12)15(18)16-7-6-10(17)8-16/h2-5,10,17H,6-9H2,1H3. The first-order valence-corrected chi connectivity index (χ1v) is 8.56. The fourth-order valence-electron chi connectivity index (χ4n) is 2.69. The molecule has 1 amide bonds. The summed E-state index contributed by atoms with van der Waals surface area (Å²) in [7, 11) is -1.07. The first-order chi connectivity index (χ1) is 10.1. The summed E-state index contributed by atoms with van der Waals surface area (Å²) in [5.74, 6) is 0.304. The second-order valence-electron chi connectivity index (χ2n) is 5.32. The second-order valence-corrected chi connectivity index (χ2v) is 6.75. The number of carbonyl (C=O) groups is 1. The van der Waals surface area contributed by atoms with Gasteiger partial charge in [-0.15, -0.1) is 0 Å². The van der Waals surface area contributed by atoms with Crippen molar-refractivity contribution in [3.8, 4) is 0 Å². The van der Waals surface area contributed by atoms with Gasteiger partial charge < -0.3 is 14.4 Å². The molecule has 0 spiro atoms. The topological polar surface area (TPSA) is 70.8 Å². The van der Waals surface area contributed by atoms with Crippen LogP contribution in [0.4, 0.5) is 0 Å². The molecule has 1 aromatic carbocycles. The van der Waals surface area contributed by atoms with Crippen LogP contribution >= 0.6 is 0 Å². The summed E-state index contributed by atoms with van der Waals surface area (Å²) in [6.45, 7) is 0.843. The number of fused-ring (bicyclic) bond motifs is 1. The summed E-state index contributed by atoms with van der Waals surface area (Å²) >= 11 is 0. The summed E-state index contributed by atoms with van der Waals surface area (Å²) in [6.07, 6.45) is 1.72. The van der Waals surface area contributed by atoms with Crippen LogP contribution in [-0.2, 0) is 16.6 Å². The third-order valence-corrected chi connectivity index (χ3v) is 4.39. The average molecular weight is 307 g/mol. The second kappa shape index (κ2) is 5.61. The van der Waals surface area contributed by atoms with Crippen LogP contribution in [0.5, 0.6) is 0 Å². The van der Waals surface area contributed by atoms with Gasteiger partial charge in [-0.3, -0.25) is 9.00 Å². The number of aliphatic hydroxyl groups is 1. The molecule has 2 atom stereocenters. The minimum absolute atomic E-state index is 0.233. The van der Waals surface area contributed by atoms with Crippen molar-refractivity contribution >= 4 is 27.7 Å². The summed E-state index contributed by atoms with van der Waals surface area (Å²) in [6, 6.07) is 7.38. The molecule has 1 N–H and O–H groups in total. The maximum Gasteiger partial charge on any atom is 0.290 e. The van der Waals surface area contributed by atoms with E-state index < -0.39 is 16.9 Å². The highest BCUT2D eigenvalue weighted by Crippen LogP contribution is 2.28. The van der Waals surface area contributed by atoms with Crippen LogP contribution in [-0.4, -0.2) is 45.6 Å². The van der Waals surface area contributed by atoms with E-state index in [1.807, 2.05) is 18.2 Å². The number of likely N-dealkylation sites (tertiary alicyclic amines) is 1. The molecule has 5 nitrogen and oxygen atoms in total. The van der Waals surface area contributed by atoms with Gasteiger partial charge in [0.1, 0.15) is 5.58 Å². The molecular formula is C15H17NO4S. The molecule has 2 aromatic rings. The van der Waals surface area contributed by atoms with E-state index in [0.29, 0.717) is 30.7 Å². The van der Waals surface area contributed by atoms with E-state index in [4.69, 9.17) is 4.42 Å². The van der Waals surface area contributed by atoms with Crippen molar-refractivity contribution < 1.29 is 18.5 Å². The molecule has 0 saturated carbocycles. The molecule has 3 rings (SSSR count). The lowest BCUT2D eigenvalue weighted by Crippen LogP contribution is -2.30. The van der Waals surface area contributed by atoms with Crippen LogP contribution in [0.3, 0.4) is 0 Å². The van der Waals surface area contributed by atoms with E-state index in [9.17, 15) is 14.1 Å². The number of hydrogen-bond donors (Lipinski definition) is 1. The highest BCUT2D eigenvalue weighted by atomic mass is 32.2. The van der Waals surface area contributed by atoms with Gasteiger partial charge in [-0.25, -0.2) is 0 Å². The number of para-hydroxylation sites is 1. The Morgan fingerprint density at radius 3 is 2.90 bits per heavy atom. The largest absolute Gasteiger partial charge is 0.451 e. The van der Waals surface area contributed by atoms with E-state index in [1.165, 1.54) is 0 Å². The van der Waals surface area contributed by atoms with Gasteiger partial charge in [-0.1, -0.05) is 18.2 Å². The number of carbonyl (C=O) groups excluding carboxylic acids is 1. The molecule has 112 valence electrons. The Bertz CT molecular complexity index is 709. The lowest BCUT2D eigenvalue weighted by Gasteiger charge is -2.14. The van der Waals surface area contributed by atoms with Gasteiger partial charge in [0, 0.05) is 41.1 Å². The Hall–Kier alpha value is -1.66. The quantitative estimate of drug-likeness (QED) is 0.933. The maximum absolute atomic E-state index is 12.6. The number of aliphatic hydroxyl groups excluding tert-OH is 1. The average Bonchev–Trinajstić information content (AvgIpc) is 3.03. The van der Waals surface area contributed by atoms with Crippen LogP contribution in [0.1, 0.15) is 22.5 Å². The summed E-state index contributed by atoms with van der Waals surface area (Å²) in [5.41, 5.74) is 1.32. The van der Waals surface area contributed by atoms with Gasteiger partial charge in [0.05, 0.1) is 11.9 Å². The van der Waals surface area contributed by atoms with Crippen LogP contribution in [0, 0.1) is 0 Å². The maximum atomic E-state index is 12.6. The molecule has 1 aromatic heterocycles. The van der Waals surface area contributed by atoms with E-state index in [1.54, 1.807) is 17.2 Å². The molecule has 0 bridgehead atoms. The number of nitrogens with zero attached hydrogens (tertiary/aromatic N) is 1. The normalized spacial score (nSPS) is 20.1. The third kappa shape index (κ3) is 2.73. The molecule has 1 saturated heterocycles. The Balaban J connectivity index is 2.04. The Kier molecular flexibility index (Phi) is 3.82. The van der Waals surface area contributed by atoms with Gasteiger partial charge in [-0.2, -0.15) is 0 Å². The van der Waals surface area contributed by atoms with Crippen molar-refractivity contribution in [1.29, 1.82) is 0 Å².